The Morgan fingerprint density at radius 3 is 2.95 bits per heavy atom. The average molecular weight is 270 g/mol. The monoisotopic (exact) mass is 270 g/mol. The van der Waals surface area contributed by atoms with Crippen molar-refractivity contribution in [3.63, 3.8) is 0 Å². The highest BCUT2D eigenvalue weighted by Crippen LogP contribution is 2.26. The van der Waals surface area contributed by atoms with Crippen molar-refractivity contribution in [3.05, 3.63) is 42.6 Å². The molecular formula is C15H18N4O. The molecule has 0 fully saturated rings. The van der Waals surface area contributed by atoms with Gasteiger partial charge >= 0.3 is 0 Å². The maximum Gasteiger partial charge on any atom is 0.146 e. The van der Waals surface area contributed by atoms with Gasteiger partial charge in [0, 0.05) is 18.1 Å². The van der Waals surface area contributed by atoms with Crippen molar-refractivity contribution in [2.75, 3.05) is 7.11 Å². The molecule has 0 aliphatic rings. The summed E-state index contributed by atoms with van der Waals surface area (Å²) in [5, 5.41) is 5.39. The Kier molecular flexibility index (Phi) is 3.41. The topological polar surface area (TPSA) is 44.9 Å². The number of hydrogen-bond donors (Lipinski definition) is 0. The van der Waals surface area contributed by atoms with Gasteiger partial charge < -0.3 is 9.30 Å². The average Bonchev–Trinajstić information content (AvgIpc) is 3.07. The predicted molar refractivity (Wildman–Crippen MR) is 77.9 cm³/mol. The minimum Gasteiger partial charge on any atom is -0.496 e. The van der Waals surface area contributed by atoms with Gasteiger partial charge in [0.1, 0.15) is 17.9 Å². The van der Waals surface area contributed by atoms with E-state index in [4.69, 9.17) is 4.74 Å². The second-order valence-corrected chi connectivity index (χ2v) is 4.74. The Balaban J connectivity index is 1.97. The van der Waals surface area contributed by atoms with Crippen LogP contribution in [-0.4, -0.2) is 26.4 Å². The molecule has 0 N–H and O–H groups in total. The Morgan fingerprint density at radius 2 is 2.15 bits per heavy atom. The first kappa shape index (κ1) is 12.7. The van der Waals surface area contributed by atoms with Gasteiger partial charge in [-0.1, -0.05) is 13.0 Å². The molecule has 0 aliphatic carbocycles. The number of ether oxygens (including phenoxy) is 1. The second-order valence-electron chi connectivity index (χ2n) is 4.74. The summed E-state index contributed by atoms with van der Waals surface area (Å²) in [6.45, 7) is 3.76. The molecule has 0 spiro atoms. The minimum absolute atomic E-state index is 0.719. The summed E-state index contributed by atoms with van der Waals surface area (Å²) in [4.78, 5) is 4.36. The number of fused-ring (bicyclic) bond motifs is 1. The standard InChI is InChI=1S/C15H18N4O/c1-3-8-19-15(16-11-17-19)10-18-9-7-12-13(18)5-4-6-14(12)20-2/h4-7,9,11H,3,8,10H2,1-2H3. The van der Waals surface area contributed by atoms with Crippen LogP contribution in [0.15, 0.2) is 36.8 Å². The lowest BCUT2D eigenvalue weighted by molar-refractivity contribution is 0.420. The highest BCUT2D eigenvalue weighted by Gasteiger charge is 2.09. The fourth-order valence-electron chi connectivity index (χ4n) is 2.47. The van der Waals surface area contributed by atoms with Crippen molar-refractivity contribution in [3.8, 4) is 5.75 Å². The molecule has 20 heavy (non-hydrogen) atoms. The molecule has 104 valence electrons. The Hall–Kier alpha value is -2.30. The molecule has 0 unspecified atom stereocenters. The lowest BCUT2D eigenvalue weighted by Gasteiger charge is -2.08. The normalized spacial score (nSPS) is 11.1. The quantitative estimate of drug-likeness (QED) is 0.716. The SMILES string of the molecule is CCCn1ncnc1Cn1ccc2c(OC)cccc21. The van der Waals surface area contributed by atoms with Crippen molar-refractivity contribution in [2.45, 2.75) is 26.4 Å². The van der Waals surface area contributed by atoms with Gasteiger partial charge in [0.15, 0.2) is 0 Å². The van der Waals surface area contributed by atoms with Crippen LogP contribution in [0.5, 0.6) is 5.75 Å². The molecule has 3 rings (SSSR count). The Morgan fingerprint density at radius 1 is 1.25 bits per heavy atom. The lowest BCUT2D eigenvalue weighted by Crippen LogP contribution is -2.09. The van der Waals surface area contributed by atoms with Crippen LogP contribution in [0.25, 0.3) is 10.9 Å². The highest BCUT2D eigenvalue weighted by atomic mass is 16.5. The van der Waals surface area contributed by atoms with Crippen LogP contribution < -0.4 is 4.74 Å². The fourth-order valence-corrected chi connectivity index (χ4v) is 2.47. The van der Waals surface area contributed by atoms with Crippen molar-refractivity contribution < 1.29 is 4.74 Å². The molecule has 0 bridgehead atoms. The molecule has 0 amide bonds. The smallest absolute Gasteiger partial charge is 0.146 e. The zero-order valence-corrected chi connectivity index (χ0v) is 11.8. The third-order valence-electron chi connectivity index (χ3n) is 3.44. The van der Waals surface area contributed by atoms with Crippen molar-refractivity contribution in [1.29, 1.82) is 0 Å². The van der Waals surface area contributed by atoms with E-state index in [0.717, 1.165) is 42.0 Å². The van der Waals surface area contributed by atoms with E-state index in [1.54, 1.807) is 13.4 Å². The maximum absolute atomic E-state index is 5.39. The van der Waals surface area contributed by atoms with Crippen LogP contribution in [0.3, 0.4) is 0 Å². The number of hydrogen-bond acceptors (Lipinski definition) is 3. The van der Waals surface area contributed by atoms with Gasteiger partial charge in [-0.25, -0.2) is 9.67 Å². The van der Waals surface area contributed by atoms with E-state index in [1.807, 2.05) is 16.8 Å². The Bertz CT molecular complexity index is 714. The molecule has 3 aromatic rings. The van der Waals surface area contributed by atoms with E-state index in [2.05, 4.69) is 39.9 Å². The third kappa shape index (κ3) is 2.15. The van der Waals surface area contributed by atoms with Crippen LogP contribution in [0.4, 0.5) is 0 Å². The number of rotatable bonds is 5. The largest absolute Gasteiger partial charge is 0.496 e. The van der Waals surface area contributed by atoms with Gasteiger partial charge in [-0.2, -0.15) is 5.10 Å². The second kappa shape index (κ2) is 5.36. The van der Waals surface area contributed by atoms with Crippen LogP contribution in [0.2, 0.25) is 0 Å². The number of nitrogens with zero attached hydrogens (tertiary/aromatic N) is 4. The molecule has 0 atom stereocenters. The van der Waals surface area contributed by atoms with E-state index in [9.17, 15) is 0 Å². The summed E-state index contributed by atoms with van der Waals surface area (Å²) < 4.78 is 9.53. The van der Waals surface area contributed by atoms with Crippen molar-refractivity contribution >= 4 is 10.9 Å². The van der Waals surface area contributed by atoms with Gasteiger partial charge in [-0.15, -0.1) is 0 Å². The zero-order valence-electron chi connectivity index (χ0n) is 11.8. The third-order valence-corrected chi connectivity index (χ3v) is 3.44. The number of methoxy groups -OCH3 is 1. The summed E-state index contributed by atoms with van der Waals surface area (Å²) in [5.41, 5.74) is 1.15. The van der Waals surface area contributed by atoms with Crippen LogP contribution in [0, 0.1) is 0 Å². The van der Waals surface area contributed by atoms with Crippen LogP contribution in [0.1, 0.15) is 19.2 Å². The summed E-state index contributed by atoms with van der Waals surface area (Å²) in [7, 11) is 1.70. The lowest BCUT2D eigenvalue weighted by atomic mass is 10.2. The maximum atomic E-state index is 5.39. The van der Waals surface area contributed by atoms with E-state index < -0.39 is 0 Å². The first-order valence-corrected chi connectivity index (χ1v) is 6.82. The summed E-state index contributed by atoms with van der Waals surface area (Å²) in [6, 6.07) is 8.16. The molecular weight excluding hydrogens is 252 g/mol. The molecule has 0 saturated heterocycles. The Labute approximate surface area is 117 Å². The molecule has 5 heteroatoms. The molecule has 1 aromatic carbocycles. The van der Waals surface area contributed by atoms with Gasteiger partial charge in [0.2, 0.25) is 0 Å². The molecule has 2 heterocycles. The highest BCUT2D eigenvalue weighted by molar-refractivity contribution is 5.86. The zero-order chi connectivity index (χ0) is 13.9. The predicted octanol–water partition coefficient (Wildman–Crippen LogP) is 2.70. The van der Waals surface area contributed by atoms with E-state index in [0.29, 0.717) is 0 Å². The van der Waals surface area contributed by atoms with Gasteiger partial charge in [0.25, 0.3) is 0 Å². The summed E-state index contributed by atoms with van der Waals surface area (Å²) >= 11 is 0. The van der Waals surface area contributed by atoms with E-state index >= 15 is 0 Å². The van der Waals surface area contributed by atoms with Gasteiger partial charge in [0.05, 0.1) is 19.2 Å². The molecule has 0 aliphatic heterocycles. The first-order chi connectivity index (χ1) is 9.83. The van der Waals surface area contributed by atoms with E-state index in [-0.39, 0.29) is 0 Å². The van der Waals surface area contributed by atoms with Crippen molar-refractivity contribution in [2.24, 2.45) is 0 Å². The van der Waals surface area contributed by atoms with Gasteiger partial charge in [-0.05, 0) is 24.6 Å². The van der Waals surface area contributed by atoms with Crippen LogP contribution >= 0.6 is 0 Å². The summed E-state index contributed by atoms with van der Waals surface area (Å²) in [5.74, 6) is 1.88. The molecule has 0 saturated carbocycles. The number of aryl methyl sites for hydroxylation is 1. The van der Waals surface area contributed by atoms with Gasteiger partial charge in [-0.3, -0.25) is 0 Å². The number of aromatic nitrogens is 4. The summed E-state index contributed by atoms with van der Waals surface area (Å²) in [6.07, 6.45) is 4.74. The molecule has 2 aromatic heterocycles. The first-order valence-electron chi connectivity index (χ1n) is 6.82. The fraction of sp³-hybridized carbons (Fsp3) is 0.333. The van der Waals surface area contributed by atoms with E-state index in [1.165, 1.54) is 0 Å². The minimum atomic E-state index is 0.719. The van der Waals surface area contributed by atoms with Crippen molar-refractivity contribution in [1.82, 2.24) is 19.3 Å². The molecule has 0 radical (unpaired) electrons. The van der Waals surface area contributed by atoms with Crippen LogP contribution in [-0.2, 0) is 13.1 Å². The number of benzene rings is 1. The molecule has 5 nitrogen and oxygen atoms in total.